The summed E-state index contributed by atoms with van der Waals surface area (Å²) < 4.78 is 7.91. The summed E-state index contributed by atoms with van der Waals surface area (Å²) in [5, 5.41) is 0. The lowest BCUT2D eigenvalue weighted by molar-refractivity contribution is 0.415. The molecule has 0 spiro atoms. The van der Waals surface area contributed by atoms with Crippen LogP contribution in [0.5, 0.6) is 5.75 Å². The maximum Gasteiger partial charge on any atom is 0.178 e. The van der Waals surface area contributed by atoms with Gasteiger partial charge in [-0.1, -0.05) is 91.0 Å². The molecule has 2 aromatic heterocycles. The maximum absolute atomic E-state index is 5.55. The van der Waals surface area contributed by atoms with E-state index in [0.29, 0.717) is 0 Å². The second kappa shape index (κ2) is 8.21. The SMILES string of the molecule is COc1cccc(-c2nc3ncc(-c4ccccc4)cc3n2C2c3ccccc3-c3ccccc32)c1. The lowest BCUT2D eigenvalue weighted by Crippen LogP contribution is -2.11. The summed E-state index contributed by atoms with van der Waals surface area (Å²) >= 11 is 0. The zero-order valence-electron chi connectivity index (χ0n) is 19.8. The zero-order valence-corrected chi connectivity index (χ0v) is 19.8. The van der Waals surface area contributed by atoms with Gasteiger partial charge in [0.15, 0.2) is 5.65 Å². The molecule has 0 saturated heterocycles. The summed E-state index contributed by atoms with van der Waals surface area (Å²) in [6.07, 6.45) is 1.92. The molecule has 0 aliphatic heterocycles. The second-order valence-electron chi connectivity index (χ2n) is 9.05. The van der Waals surface area contributed by atoms with Crippen LogP contribution in [0.1, 0.15) is 17.2 Å². The van der Waals surface area contributed by atoms with Gasteiger partial charge in [0.2, 0.25) is 0 Å². The molecule has 4 aromatic carbocycles. The highest BCUT2D eigenvalue weighted by Gasteiger charge is 2.33. The normalized spacial score (nSPS) is 12.5. The molecule has 0 fully saturated rings. The summed E-state index contributed by atoms with van der Waals surface area (Å²) in [6.45, 7) is 0. The molecule has 6 aromatic rings. The van der Waals surface area contributed by atoms with E-state index in [1.165, 1.54) is 22.3 Å². The minimum atomic E-state index is -0.0172. The van der Waals surface area contributed by atoms with Crippen LogP contribution < -0.4 is 4.74 Å². The highest BCUT2D eigenvalue weighted by Crippen LogP contribution is 2.48. The van der Waals surface area contributed by atoms with E-state index in [9.17, 15) is 0 Å². The van der Waals surface area contributed by atoms with Gasteiger partial charge in [0.05, 0.1) is 18.7 Å². The number of fused-ring (bicyclic) bond motifs is 4. The van der Waals surface area contributed by atoms with Gasteiger partial charge in [0, 0.05) is 17.3 Å². The molecule has 0 saturated carbocycles. The van der Waals surface area contributed by atoms with Gasteiger partial charge in [-0.05, 0) is 46.0 Å². The van der Waals surface area contributed by atoms with Crippen LogP contribution in [0.15, 0.2) is 115 Å². The van der Waals surface area contributed by atoms with Gasteiger partial charge in [0.25, 0.3) is 0 Å². The molecule has 0 unspecified atom stereocenters. The van der Waals surface area contributed by atoms with Crippen LogP contribution in [-0.2, 0) is 0 Å². The first-order chi connectivity index (χ1) is 17.8. The van der Waals surface area contributed by atoms with Crippen molar-refractivity contribution < 1.29 is 4.74 Å². The number of hydrogen-bond donors (Lipinski definition) is 0. The van der Waals surface area contributed by atoms with Crippen molar-refractivity contribution in [2.45, 2.75) is 6.04 Å². The van der Waals surface area contributed by atoms with Gasteiger partial charge in [-0.2, -0.15) is 0 Å². The first-order valence-electron chi connectivity index (χ1n) is 12.1. The quantitative estimate of drug-likeness (QED) is 0.272. The number of nitrogens with zero attached hydrogens (tertiary/aromatic N) is 3. The molecular weight excluding hydrogens is 442 g/mol. The van der Waals surface area contributed by atoms with Crippen molar-refractivity contribution in [3.8, 4) is 39.4 Å². The van der Waals surface area contributed by atoms with Gasteiger partial charge in [-0.3, -0.25) is 0 Å². The summed E-state index contributed by atoms with van der Waals surface area (Å²) in [7, 11) is 1.69. The first kappa shape index (κ1) is 20.7. The van der Waals surface area contributed by atoms with Crippen LogP contribution in [0, 0.1) is 0 Å². The topological polar surface area (TPSA) is 39.9 Å². The molecule has 0 N–H and O–H groups in total. The molecule has 0 atom stereocenters. The predicted molar refractivity (Wildman–Crippen MR) is 144 cm³/mol. The number of rotatable bonds is 4. The minimum absolute atomic E-state index is 0.0172. The largest absolute Gasteiger partial charge is 0.497 e. The Balaban J connectivity index is 1.55. The van der Waals surface area contributed by atoms with Gasteiger partial charge in [-0.15, -0.1) is 0 Å². The van der Waals surface area contributed by atoms with E-state index in [1.54, 1.807) is 7.11 Å². The Bertz CT molecular complexity index is 1690. The molecule has 0 radical (unpaired) electrons. The van der Waals surface area contributed by atoms with E-state index in [0.717, 1.165) is 39.4 Å². The Morgan fingerprint density at radius 3 is 2.06 bits per heavy atom. The molecule has 0 bridgehead atoms. The van der Waals surface area contributed by atoms with Gasteiger partial charge in [-0.25, -0.2) is 9.97 Å². The van der Waals surface area contributed by atoms with E-state index in [-0.39, 0.29) is 6.04 Å². The first-order valence-corrected chi connectivity index (χ1v) is 12.1. The molecule has 1 aliphatic carbocycles. The number of hydrogen-bond acceptors (Lipinski definition) is 3. The van der Waals surface area contributed by atoms with Crippen molar-refractivity contribution >= 4 is 11.2 Å². The van der Waals surface area contributed by atoms with E-state index in [2.05, 4.69) is 89.5 Å². The summed E-state index contributed by atoms with van der Waals surface area (Å²) in [6, 6.07) is 38.1. The highest BCUT2D eigenvalue weighted by molar-refractivity contribution is 5.86. The Morgan fingerprint density at radius 2 is 1.33 bits per heavy atom. The van der Waals surface area contributed by atoms with Crippen LogP contribution in [0.25, 0.3) is 44.8 Å². The average molecular weight is 466 g/mol. The van der Waals surface area contributed by atoms with E-state index in [4.69, 9.17) is 14.7 Å². The van der Waals surface area contributed by atoms with Crippen LogP contribution >= 0.6 is 0 Å². The Labute approximate surface area is 209 Å². The summed E-state index contributed by atoms with van der Waals surface area (Å²) in [4.78, 5) is 9.91. The molecule has 0 amide bonds. The molecule has 2 heterocycles. The monoisotopic (exact) mass is 465 g/mol. The third-order valence-corrected chi connectivity index (χ3v) is 7.04. The van der Waals surface area contributed by atoms with Crippen molar-refractivity contribution in [1.29, 1.82) is 0 Å². The standard InChI is InChI=1S/C32H23N3O/c1-36-24-13-9-12-22(18-24)32-34-31-29(19-23(20-33-31)21-10-3-2-4-11-21)35(32)30-27-16-7-5-14-25(27)26-15-6-8-17-28(26)30/h2-20,30H,1H3. The summed E-state index contributed by atoms with van der Waals surface area (Å²) in [5.41, 5.74) is 10.0. The minimum Gasteiger partial charge on any atom is -0.497 e. The lowest BCUT2D eigenvalue weighted by Gasteiger charge is -2.20. The highest BCUT2D eigenvalue weighted by atomic mass is 16.5. The third-order valence-electron chi connectivity index (χ3n) is 7.04. The van der Waals surface area contributed by atoms with Crippen LogP contribution in [0.4, 0.5) is 0 Å². The third kappa shape index (κ3) is 3.15. The average Bonchev–Trinajstić information content (AvgIpc) is 3.48. The fourth-order valence-corrected chi connectivity index (χ4v) is 5.40. The number of aromatic nitrogens is 3. The van der Waals surface area contributed by atoms with E-state index < -0.39 is 0 Å². The molecule has 7 rings (SSSR count). The molecule has 4 heteroatoms. The Hall–Kier alpha value is -4.70. The lowest BCUT2D eigenvalue weighted by atomic mass is 10.0. The van der Waals surface area contributed by atoms with Gasteiger partial charge < -0.3 is 9.30 Å². The van der Waals surface area contributed by atoms with Crippen molar-refractivity contribution in [2.75, 3.05) is 7.11 Å². The Morgan fingerprint density at radius 1 is 0.667 bits per heavy atom. The van der Waals surface area contributed by atoms with Crippen molar-refractivity contribution in [1.82, 2.24) is 14.5 Å². The number of pyridine rings is 1. The van der Waals surface area contributed by atoms with E-state index in [1.807, 2.05) is 30.5 Å². The molecule has 172 valence electrons. The molecule has 1 aliphatic rings. The maximum atomic E-state index is 5.55. The Kier molecular flexibility index (Phi) is 4.71. The summed E-state index contributed by atoms with van der Waals surface area (Å²) in [5.74, 6) is 1.68. The molecular formula is C32H23N3O. The van der Waals surface area contributed by atoms with Crippen molar-refractivity contribution in [3.63, 3.8) is 0 Å². The molecule has 4 nitrogen and oxygen atoms in total. The smallest absolute Gasteiger partial charge is 0.178 e. The van der Waals surface area contributed by atoms with Crippen molar-refractivity contribution in [3.05, 3.63) is 127 Å². The number of imidazole rings is 1. The van der Waals surface area contributed by atoms with Crippen molar-refractivity contribution in [2.24, 2.45) is 0 Å². The zero-order chi connectivity index (χ0) is 24.1. The number of benzene rings is 4. The van der Waals surface area contributed by atoms with Crippen LogP contribution in [0.2, 0.25) is 0 Å². The predicted octanol–water partition coefficient (Wildman–Crippen LogP) is 7.39. The number of ether oxygens (including phenoxy) is 1. The second-order valence-corrected chi connectivity index (χ2v) is 9.05. The van der Waals surface area contributed by atoms with Crippen LogP contribution in [-0.4, -0.2) is 21.6 Å². The van der Waals surface area contributed by atoms with E-state index >= 15 is 0 Å². The van der Waals surface area contributed by atoms with Gasteiger partial charge >= 0.3 is 0 Å². The van der Waals surface area contributed by atoms with Gasteiger partial charge in [0.1, 0.15) is 11.6 Å². The fourth-order valence-electron chi connectivity index (χ4n) is 5.40. The fraction of sp³-hybridized carbons (Fsp3) is 0.0625. The number of methoxy groups -OCH3 is 1. The van der Waals surface area contributed by atoms with Crippen LogP contribution in [0.3, 0.4) is 0 Å². The molecule has 36 heavy (non-hydrogen) atoms.